The summed E-state index contributed by atoms with van der Waals surface area (Å²) in [6.07, 6.45) is 13.7. The molecule has 0 radical (unpaired) electrons. The maximum atomic E-state index is 13.8. The number of carbonyl (C=O) groups is 4. The van der Waals surface area contributed by atoms with Crippen LogP contribution < -0.4 is 10.6 Å². The molecule has 8 rings (SSSR count). The molecule has 5 aliphatic rings. The van der Waals surface area contributed by atoms with Crippen LogP contribution in [0.2, 0.25) is 0 Å². The van der Waals surface area contributed by atoms with E-state index >= 15 is 0 Å². The van der Waals surface area contributed by atoms with Gasteiger partial charge in [-0.1, -0.05) is 47.5 Å². The summed E-state index contributed by atoms with van der Waals surface area (Å²) in [5, 5.41) is 24.7. The molecule has 0 saturated heterocycles. The van der Waals surface area contributed by atoms with E-state index in [4.69, 9.17) is 38.3 Å². The van der Waals surface area contributed by atoms with Gasteiger partial charge in [-0.2, -0.15) is 0 Å². The largest absolute Gasteiger partial charge is 0.481 e. The molecule has 14 nitrogen and oxygen atoms in total. The Hall–Kier alpha value is -4.50. The van der Waals surface area contributed by atoms with Crippen LogP contribution >= 0.6 is 23.2 Å². The Balaban J connectivity index is 0.883. The Bertz CT molecular complexity index is 2230. The van der Waals surface area contributed by atoms with Crippen molar-refractivity contribution in [2.75, 3.05) is 31.5 Å². The van der Waals surface area contributed by atoms with Gasteiger partial charge in [0.1, 0.15) is 0 Å². The lowest BCUT2D eigenvalue weighted by Crippen LogP contribution is -2.38. The van der Waals surface area contributed by atoms with Gasteiger partial charge in [0, 0.05) is 82.5 Å². The number of allylic oxidation sites excluding steroid dienone is 4. The van der Waals surface area contributed by atoms with Crippen LogP contribution in [0, 0.1) is 10.8 Å². The number of aliphatic carboxylic acids is 2. The molecule has 1 aromatic carbocycles. The van der Waals surface area contributed by atoms with Gasteiger partial charge in [-0.15, -0.1) is 0 Å². The number of anilines is 1. The van der Waals surface area contributed by atoms with Crippen molar-refractivity contribution in [3.63, 3.8) is 0 Å². The van der Waals surface area contributed by atoms with E-state index in [9.17, 15) is 24.3 Å². The van der Waals surface area contributed by atoms with E-state index in [-0.39, 0.29) is 23.6 Å². The zero-order valence-corrected chi connectivity index (χ0v) is 35.1. The fourth-order valence-corrected chi connectivity index (χ4v) is 10.8. The lowest BCUT2D eigenvalue weighted by Gasteiger charge is -2.33. The molecule has 1 unspecified atom stereocenters. The van der Waals surface area contributed by atoms with Crippen LogP contribution in [0.3, 0.4) is 0 Å². The van der Waals surface area contributed by atoms with Gasteiger partial charge in [0.2, 0.25) is 0 Å². The summed E-state index contributed by atoms with van der Waals surface area (Å²) in [4.78, 5) is 64.4. The molecule has 0 spiro atoms. The highest BCUT2D eigenvalue weighted by atomic mass is 35.5. The predicted molar refractivity (Wildman–Crippen MR) is 222 cm³/mol. The van der Waals surface area contributed by atoms with E-state index in [1.165, 1.54) is 0 Å². The second-order valence-corrected chi connectivity index (χ2v) is 18.7. The van der Waals surface area contributed by atoms with Crippen LogP contribution in [0.4, 0.5) is 5.69 Å². The van der Waals surface area contributed by atoms with Crippen molar-refractivity contribution in [2.24, 2.45) is 24.9 Å². The zero-order valence-electron chi connectivity index (χ0n) is 33.6. The lowest BCUT2D eigenvalue weighted by molar-refractivity contribution is -0.148. The molecule has 3 aromatic rings. The molecule has 2 aromatic heterocycles. The van der Waals surface area contributed by atoms with Crippen LogP contribution in [0.15, 0.2) is 48.2 Å². The summed E-state index contributed by atoms with van der Waals surface area (Å²) in [5.41, 5.74) is 4.95. The topological polar surface area (TPSA) is 175 Å². The number of hydrogen-bond acceptors (Lipinski definition) is 8. The lowest BCUT2D eigenvalue weighted by atomic mass is 9.80. The van der Waals surface area contributed by atoms with Crippen molar-refractivity contribution >= 4 is 52.6 Å². The molecule has 59 heavy (non-hydrogen) atoms. The predicted octanol–water partition coefficient (Wildman–Crippen LogP) is 5.94. The van der Waals surface area contributed by atoms with Gasteiger partial charge in [0.05, 0.1) is 22.5 Å². The maximum Gasteiger partial charge on any atom is 0.309 e. The number of aromatic nitrogens is 4. The number of hydrogen-bond donors (Lipinski definition) is 4. The smallest absolute Gasteiger partial charge is 0.309 e. The number of benzene rings is 1. The van der Waals surface area contributed by atoms with Crippen LogP contribution in [0.5, 0.6) is 0 Å². The number of fused-ring (bicyclic) bond motifs is 4. The molecule has 4 heterocycles. The summed E-state index contributed by atoms with van der Waals surface area (Å²) in [6.45, 7) is 4.55. The first-order chi connectivity index (χ1) is 28.2. The van der Waals surface area contributed by atoms with Crippen LogP contribution in [-0.2, 0) is 49.6 Å². The van der Waals surface area contributed by atoms with E-state index < -0.39 is 33.5 Å². The summed E-state index contributed by atoms with van der Waals surface area (Å²) >= 11 is 14.2. The minimum atomic E-state index is -1.55. The van der Waals surface area contributed by atoms with Crippen molar-refractivity contribution in [1.29, 1.82) is 0 Å². The number of imidazole rings is 2. The number of amides is 2. The molecule has 4 N–H and O–H groups in total. The van der Waals surface area contributed by atoms with Gasteiger partial charge >= 0.3 is 11.9 Å². The SMILES string of the molecule is Cn1c(C(=O)NC2=CC=CC(c3cccc(NC(=O)c4nc5c(n4C)CCN(CCCCC(=O)O)C5)c3)C2(Cl)Cl)nc2c1CCN(CCC13CCC(C(=O)O)(CC1)C3)C2. The summed E-state index contributed by atoms with van der Waals surface area (Å²) in [6, 6.07) is 7.30. The summed E-state index contributed by atoms with van der Waals surface area (Å²) in [5.74, 6) is -2.17. The number of carboxylic acid groups (broad SMARTS) is 2. The number of halogens is 2. The van der Waals surface area contributed by atoms with Gasteiger partial charge in [0.25, 0.3) is 11.8 Å². The molecule has 2 fully saturated rings. The van der Waals surface area contributed by atoms with E-state index in [1.54, 1.807) is 18.2 Å². The Morgan fingerprint density at radius 3 is 2.08 bits per heavy atom. The van der Waals surface area contributed by atoms with Crippen molar-refractivity contribution in [2.45, 2.75) is 94.0 Å². The maximum absolute atomic E-state index is 13.8. The first-order valence-electron chi connectivity index (χ1n) is 20.7. The number of carboxylic acids is 2. The van der Waals surface area contributed by atoms with Crippen molar-refractivity contribution < 1.29 is 29.4 Å². The fraction of sp³-hybridized carbons (Fsp3) is 0.535. The van der Waals surface area contributed by atoms with E-state index in [2.05, 4.69) is 20.4 Å². The average Bonchev–Trinajstić information content (AvgIpc) is 3.96. The molecule has 2 aliphatic heterocycles. The highest BCUT2D eigenvalue weighted by Gasteiger charge is 2.57. The van der Waals surface area contributed by atoms with Crippen LogP contribution in [0.25, 0.3) is 0 Å². The van der Waals surface area contributed by atoms with E-state index in [0.717, 1.165) is 112 Å². The van der Waals surface area contributed by atoms with Crippen molar-refractivity contribution in [3.8, 4) is 0 Å². The Kier molecular flexibility index (Phi) is 11.3. The van der Waals surface area contributed by atoms with E-state index in [0.29, 0.717) is 36.7 Å². The number of carbonyl (C=O) groups excluding carboxylic acids is 2. The van der Waals surface area contributed by atoms with Crippen molar-refractivity contribution in [1.82, 2.24) is 34.2 Å². The van der Waals surface area contributed by atoms with Crippen LogP contribution in [0.1, 0.15) is 113 Å². The molecule has 3 aliphatic carbocycles. The number of nitrogens with zero attached hydrogens (tertiary/aromatic N) is 6. The summed E-state index contributed by atoms with van der Waals surface area (Å²) in [7, 11) is 3.70. The molecular weight excluding hydrogens is 795 g/mol. The van der Waals surface area contributed by atoms with Crippen LogP contribution in [-0.4, -0.2) is 93.4 Å². The molecule has 16 heteroatoms. The second-order valence-electron chi connectivity index (χ2n) is 17.3. The Morgan fingerprint density at radius 2 is 1.47 bits per heavy atom. The number of rotatable bonds is 14. The monoisotopic (exact) mass is 846 g/mol. The molecule has 1 atom stereocenters. The third-order valence-electron chi connectivity index (χ3n) is 13.7. The van der Waals surface area contributed by atoms with Gasteiger partial charge in [-0.3, -0.25) is 29.0 Å². The number of nitrogens with one attached hydrogen (secondary N) is 2. The third-order valence-corrected chi connectivity index (χ3v) is 14.5. The van der Waals surface area contributed by atoms with E-state index in [1.807, 2.05) is 47.5 Å². The molecule has 314 valence electrons. The van der Waals surface area contributed by atoms with Crippen molar-refractivity contribution in [3.05, 3.63) is 88.2 Å². The normalized spacial score (nSPS) is 24.7. The number of alkyl halides is 2. The molecular formula is C43H52Cl2N8O6. The quantitative estimate of drug-likeness (QED) is 0.112. The highest BCUT2D eigenvalue weighted by Crippen LogP contribution is 2.63. The standard InChI is InChI=1S/C43H52Cl2N8O6/c1-50-32-12-20-52(19-4-3-11-35(54)55)24-30(32)47-36(50)38(56)46-28-8-5-7-27(23-28)29-9-6-10-34(43(29,44)45)49-39(57)37-48-31-25-53(21-13-33(31)51(37)2)22-18-41-14-16-42(26-41,17-15-41)40(58)59/h5-10,23,29H,3-4,11-22,24-26H2,1-2H3,(H,46,56)(H,49,57)(H,54,55)(H,58,59). The highest BCUT2D eigenvalue weighted by molar-refractivity contribution is 6.51. The fourth-order valence-electron chi connectivity index (χ4n) is 10.2. The number of unbranched alkanes of at least 4 members (excludes halogenated alkanes) is 1. The second kappa shape index (κ2) is 16.2. The Labute approximate surface area is 353 Å². The zero-order chi connectivity index (χ0) is 41.7. The Morgan fingerprint density at radius 1 is 0.847 bits per heavy atom. The van der Waals surface area contributed by atoms with Gasteiger partial charge in [-0.25, -0.2) is 9.97 Å². The van der Waals surface area contributed by atoms with Gasteiger partial charge in [0.15, 0.2) is 16.0 Å². The van der Waals surface area contributed by atoms with Gasteiger partial charge in [-0.05, 0) is 93.6 Å². The molecule has 2 bridgehead atoms. The average molecular weight is 848 g/mol. The molecule has 2 saturated carbocycles. The summed E-state index contributed by atoms with van der Waals surface area (Å²) < 4.78 is 2.14. The van der Waals surface area contributed by atoms with Gasteiger partial charge < -0.3 is 30.0 Å². The first-order valence-corrected chi connectivity index (χ1v) is 21.4. The minimum Gasteiger partial charge on any atom is -0.481 e. The minimum absolute atomic E-state index is 0.121. The molecule has 2 amide bonds. The first kappa shape index (κ1) is 41.2. The third kappa shape index (κ3) is 8.08.